The van der Waals surface area contributed by atoms with E-state index in [1.807, 2.05) is 0 Å². The smallest absolute Gasteiger partial charge is 0.322 e. The fraction of sp³-hybridized carbons (Fsp3) is 0.833. The fourth-order valence-electron chi connectivity index (χ4n) is 1.12. The summed E-state index contributed by atoms with van der Waals surface area (Å²) in [6, 6.07) is -0.365. The topological polar surface area (TPSA) is 52.6 Å². The van der Waals surface area contributed by atoms with Crippen molar-refractivity contribution in [1.82, 2.24) is 9.99 Å². The number of carbonyl (C=O) groups is 1. The molecule has 0 radical (unpaired) electrons. The Morgan fingerprint density at radius 3 is 3.09 bits per heavy atom. The molecule has 1 aliphatic rings. The molecule has 0 aliphatic carbocycles. The van der Waals surface area contributed by atoms with Gasteiger partial charge in [0, 0.05) is 19.6 Å². The number of aliphatic carboxylic acids is 1. The third-order valence-corrected chi connectivity index (χ3v) is 2.83. The Morgan fingerprint density at radius 1 is 1.82 bits per heavy atom. The van der Waals surface area contributed by atoms with E-state index < -0.39 is 5.97 Å². The maximum absolute atomic E-state index is 10.5. The summed E-state index contributed by atoms with van der Waals surface area (Å²) < 4.78 is 2.16. The third-order valence-electron chi connectivity index (χ3n) is 1.79. The highest BCUT2D eigenvalue weighted by molar-refractivity contribution is 7.34. The van der Waals surface area contributed by atoms with Crippen molar-refractivity contribution in [2.24, 2.45) is 0 Å². The van der Waals surface area contributed by atoms with Crippen molar-refractivity contribution in [2.75, 3.05) is 26.3 Å². The van der Waals surface area contributed by atoms with Crippen molar-refractivity contribution in [1.29, 1.82) is 0 Å². The molecule has 11 heavy (non-hydrogen) atoms. The molecule has 2 unspecified atom stereocenters. The van der Waals surface area contributed by atoms with Gasteiger partial charge in [-0.25, -0.2) is 0 Å². The average molecular weight is 176 g/mol. The molecule has 1 aliphatic heterocycles. The summed E-state index contributed by atoms with van der Waals surface area (Å²) in [5.41, 5.74) is 0. The molecule has 0 aromatic heterocycles. The highest BCUT2D eigenvalue weighted by Crippen LogP contribution is 2.14. The van der Waals surface area contributed by atoms with Gasteiger partial charge in [0.15, 0.2) is 0 Å². The summed E-state index contributed by atoms with van der Waals surface area (Å²) in [6.45, 7) is 4.48. The molecular formula is C6H13N2O2P. The van der Waals surface area contributed by atoms with E-state index in [-0.39, 0.29) is 6.04 Å². The number of nitrogens with zero attached hydrogens (tertiary/aromatic N) is 1. The molecular weight excluding hydrogens is 163 g/mol. The summed E-state index contributed by atoms with van der Waals surface area (Å²) in [4.78, 5) is 10.5. The predicted octanol–water partition coefficient (Wildman–Crippen LogP) is -0.432. The monoisotopic (exact) mass is 176 g/mol. The van der Waals surface area contributed by atoms with Gasteiger partial charge in [0.2, 0.25) is 0 Å². The van der Waals surface area contributed by atoms with E-state index >= 15 is 0 Å². The van der Waals surface area contributed by atoms with Crippen LogP contribution in [0.15, 0.2) is 0 Å². The first-order valence-corrected chi connectivity index (χ1v) is 5.07. The lowest BCUT2D eigenvalue weighted by Crippen LogP contribution is -2.51. The molecule has 0 spiro atoms. The van der Waals surface area contributed by atoms with Gasteiger partial charge in [0.05, 0.1) is 0 Å². The van der Waals surface area contributed by atoms with Gasteiger partial charge in [-0.15, -0.1) is 0 Å². The van der Waals surface area contributed by atoms with Crippen molar-refractivity contribution in [3.05, 3.63) is 0 Å². The summed E-state index contributed by atoms with van der Waals surface area (Å²) in [5, 5.41) is 11.6. The predicted molar refractivity (Wildman–Crippen MR) is 45.2 cm³/mol. The molecule has 0 aromatic carbocycles. The van der Waals surface area contributed by atoms with E-state index in [4.69, 9.17) is 5.11 Å². The fourth-order valence-corrected chi connectivity index (χ4v) is 1.82. The Kier molecular flexibility index (Phi) is 3.24. The van der Waals surface area contributed by atoms with E-state index in [0.29, 0.717) is 15.3 Å². The van der Waals surface area contributed by atoms with E-state index in [2.05, 4.69) is 16.7 Å². The maximum atomic E-state index is 10.5. The number of piperazine rings is 1. The first kappa shape index (κ1) is 8.91. The second kappa shape index (κ2) is 4.00. The summed E-state index contributed by atoms with van der Waals surface area (Å²) in [7, 11) is 0.716. The quantitative estimate of drug-likeness (QED) is 0.560. The van der Waals surface area contributed by atoms with Gasteiger partial charge >= 0.3 is 5.97 Å². The number of hydrogen-bond acceptors (Lipinski definition) is 3. The number of nitrogens with one attached hydrogen (secondary N) is 1. The molecule has 1 fully saturated rings. The van der Waals surface area contributed by atoms with E-state index in [0.717, 1.165) is 13.1 Å². The Balaban J connectivity index is 2.39. The minimum Gasteiger partial charge on any atom is -0.480 e. The molecule has 0 aromatic rings. The minimum absolute atomic E-state index is 0.365. The van der Waals surface area contributed by atoms with Crippen molar-refractivity contribution >= 4 is 14.7 Å². The largest absolute Gasteiger partial charge is 0.480 e. The van der Waals surface area contributed by atoms with Gasteiger partial charge in [0.1, 0.15) is 6.04 Å². The molecule has 1 rings (SSSR count). The lowest BCUT2D eigenvalue weighted by atomic mass is 10.2. The zero-order valence-electron chi connectivity index (χ0n) is 6.50. The molecule has 5 heteroatoms. The zero-order valence-corrected chi connectivity index (χ0v) is 7.50. The van der Waals surface area contributed by atoms with Crippen molar-refractivity contribution in [3.8, 4) is 0 Å². The molecule has 2 atom stereocenters. The van der Waals surface area contributed by atoms with Gasteiger partial charge in [-0.1, -0.05) is 8.73 Å². The third kappa shape index (κ3) is 2.40. The van der Waals surface area contributed by atoms with Gasteiger partial charge in [0.25, 0.3) is 0 Å². The van der Waals surface area contributed by atoms with E-state index in [1.165, 1.54) is 0 Å². The molecule has 2 N–H and O–H groups in total. The van der Waals surface area contributed by atoms with Crippen LogP contribution in [0.5, 0.6) is 0 Å². The van der Waals surface area contributed by atoms with Gasteiger partial charge in [-0.05, 0) is 6.66 Å². The van der Waals surface area contributed by atoms with Crippen LogP contribution in [-0.2, 0) is 4.79 Å². The van der Waals surface area contributed by atoms with Crippen LogP contribution in [0.3, 0.4) is 0 Å². The summed E-state index contributed by atoms with van der Waals surface area (Å²) in [6.07, 6.45) is 0. The molecule has 1 heterocycles. The Hall–Kier alpha value is -0.180. The lowest BCUT2D eigenvalue weighted by molar-refractivity contribution is -0.140. The first-order chi connectivity index (χ1) is 5.24. The molecule has 0 amide bonds. The zero-order chi connectivity index (χ0) is 8.27. The maximum Gasteiger partial charge on any atom is 0.322 e. The minimum atomic E-state index is -0.743. The van der Waals surface area contributed by atoms with Crippen LogP contribution in [0, 0.1) is 0 Å². The SMILES string of the molecule is CPN1CCNC(C(=O)O)C1. The standard InChI is InChI=1S/C6H13N2O2P/c1-11-8-3-2-7-5(4-8)6(9)10/h5,7,11H,2-4H2,1H3,(H,9,10). The van der Waals surface area contributed by atoms with Crippen molar-refractivity contribution in [3.63, 3.8) is 0 Å². The molecule has 1 saturated heterocycles. The van der Waals surface area contributed by atoms with Gasteiger partial charge in [-0.2, -0.15) is 0 Å². The average Bonchev–Trinajstić information content (AvgIpc) is 2.05. The Bertz CT molecular complexity index is 154. The highest BCUT2D eigenvalue weighted by atomic mass is 31.1. The lowest BCUT2D eigenvalue weighted by Gasteiger charge is -2.30. The van der Waals surface area contributed by atoms with Gasteiger partial charge in [-0.3, -0.25) is 9.46 Å². The van der Waals surface area contributed by atoms with Crippen LogP contribution < -0.4 is 5.32 Å². The molecule has 4 nitrogen and oxygen atoms in total. The Labute approximate surface area is 67.8 Å². The normalized spacial score (nSPS) is 27.9. The molecule has 0 bridgehead atoms. The summed E-state index contributed by atoms with van der Waals surface area (Å²) in [5.74, 6) is -0.743. The second-order valence-electron chi connectivity index (χ2n) is 2.51. The highest BCUT2D eigenvalue weighted by Gasteiger charge is 2.23. The number of rotatable bonds is 2. The summed E-state index contributed by atoms with van der Waals surface area (Å²) >= 11 is 0. The van der Waals surface area contributed by atoms with Crippen LogP contribution in [-0.4, -0.2) is 48.1 Å². The Morgan fingerprint density at radius 2 is 2.55 bits per heavy atom. The van der Waals surface area contributed by atoms with Crippen LogP contribution in [0.4, 0.5) is 0 Å². The van der Waals surface area contributed by atoms with Gasteiger partial charge < -0.3 is 10.4 Å². The molecule has 64 valence electrons. The van der Waals surface area contributed by atoms with Crippen molar-refractivity contribution in [2.45, 2.75) is 6.04 Å². The van der Waals surface area contributed by atoms with E-state index in [9.17, 15) is 4.79 Å². The van der Waals surface area contributed by atoms with Crippen LogP contribution >= 0.6 is 8.73 Å². The van der Waals surface area contributed by atoms with Crippen LogP contribution in [0.1, 0.15) is 0 Å². The number of carboxylic acids is 1. The number of carboxylic acid groups (broad SMARTS) is 1. The number of hydrogen-bond donors (Lipinski definition) is 2. The second-order valence-corrected chi connectivity index (χ2v) is 3.59. The van der Waals surface area contributed by atoms with E-state index in [1.54, 1.807) is 0 Å². The first-order valence-electron chi connectivity index (χ1n) is 3.62. The van der Waals surface area contributed by atoms with Crippen LogP contribution in [0.25, 0.3) is 0 Å². The molecule has 0 saturated carbocycles. The van der Waals surface area contributed by atoms with Crippen LogP contribution in [0.2, 0.25) is 0 Å². The van der Waals surface area contributed by atoms with Crippen molar-refractivity contribution < 1.29 is 9.90 Å².